The molecule has 1 aliphatic heterocycles. The van der Waals surface area contributed by atoms with E-state index in [1.165, 1.54) is 0 Å². The molecule has 2 heterocycles. The smallest absolute Gasteiger partial charge is 0.231 e. The Morgan fingerprint density at radius 2 is 2.00 bits per heavy atom. The second kappa shape index (κ2) is 5.84. The molecule has 0 fully saturated rings. The molecule has 0 aliphatic carbocycles. The average Bonchev–Trinajstić information content (AvgIpc) is 3.25. The maximum absolute atomic E-state index is 12.7. The van der Waals surface area contributed by atoms with Crippen LogP contribution in [0.4, 0.5) is 0 Å². The Balaban J connectivity index is 1.73. The summed E-state index contributed by atoms with van der Waals surface area (Å²) in [6.07, 6.45) is 1.64. The molecule has 0 amide bonds. The van der Waals surface area contributed by atoms with Gasteiger partial charge < -0.3 is 9.47 Å². The first-order valence-corrected chi connectivity index (χ1v) is 8.16. The van der Waals surface area contributed by atoms with Gasteiger partial charge in [0.1, 0.15) is 11.6 Å². The highest BCUT2D eigenvalue weighted by atomic mass is 32.1. The molecular weight excluding hydrogens is 322 g/mol. The van der Waals surface area contributed by atoms with Gasteiger partial charge in [0.05, 0.1) is 0 Å². The third-order valence-electron chi connectivity index (χ3n) is 3.81. The molecule has 0 atom stereocenters. The van der Waals surface area contributed by atoms with E-state index in [-0.39, 0.29) is 18.1 Å². The first-order valence-electron chi connectivity index (χ1n) is 7.28. The minimum absolute atomic E-state index is 0.0948. The Morgan fingerprint density at radius 3 is 2.88 bits per heavy atom. The van der Waals surface area contributed by atoms with Crippen molar-refractivity contribution in [1.29, 1.82) is 5.26 Å². The summed E-state index contributed by atoms with van der Waals surface area (Å²) >= 11 is 1.59. The summed E-state index contributed by atoms with van der Waals surface area (Å²) in [7, 11) is 0. The summed E-state index contributed by atoms with van der Waals surface area (Å²) in [6, 6.07) is 14.9. The SMILES string of the molecule is N#CC(=Cc1csc2ccccc12)C(=O)c1ccc2c(c1)OCO2. The van der Waals surface area contributed by atoms with Gasteiger partial charge in [-0.1, -0.05) is 18.2 Å². The predicted octanol–water partition coefficient (Wildman–Crippen LogP) is 4.42. The van der Waals surface area contributed by atoms with Crippen LogP contribution in [0.25, 0.3) is 16.2 Å². The van der Waals surface area contributed by atoms with Crippen LogP contribution in [0.15, 0.2) is 53.4 Å². The summed E-state index contributed by atoms with van der Waals surface area (Å²) in [5.41, 5.74) is 1.38. The molecule has 0 saturated heterocycles. The lowest BCUT2D eigenvalue weighted by Gasteiger charge is -2.02. The Kier molecular flexibility index (Phi) is 3.52. The van der Waals surface area contributed by atoms with Gasteiger partial charge in [-0.2, -0.15) is 5.26 Å². The number of nitrogens with zero attached hydrogens (tertiary/aromatic N) is 1. The first kappa shape index (κ1) is 14.5. The number of carbonyl (C=O) groups is 1. The van der Waals surface area contributed by atoms with Crippen molar-refractivity contribution in [2.45, 2.75) is 0 Å². The van der Waals surface area contributed by atoms with E-state index in [0.29, 0.717) is 17.1 Å². The molecule has 1 aromatic heterocycles. The molecule has 0 saturated carbocycles. The maximum atomic E-state index is 12.7. The van der Waals surface area contributed by atoms with Crippen LogP contribution in [0.2, 0.25) is 0 Å². The summed E-state index contributed by atoms with van der Waals surface area (Å²) in [4.78, 5) is 12.7. The lowest BCUT2D eigenvalue weighted by atomic mass is 10.0. The number of hydrogen-bond acceptors (Lipinski definition) is 5. The van der Waals surface area contributed by atoms with E-state index in [1.54, 1.807) is 35.6 Å². The van der Waals surface area contributed by atoms with Crippen LogP contribution in [0, 0.1) is 11.3 Å². The molecule has 4 rings (SSSR count). The van der Waals surface area contributed by atoms with Gasteiger partial charge in [0.15, 0.2) is 11.5 Å². The zero-order valence-corrected chi connectivity index (χ0v) is 13.3. The molecule has 0 spiro atoms. The lowest BCUT2D eigenvalue weighted by molar-refractivity contribution is 0.103. The van der Waals surface area contributed by atoms with Crippen molar-refractivity contribution >= 4 is 33.3 Å². The first-order chi connectivity index (χ1) is 11.8. The predicted molar refractivity (Wildman–Crippen MR) is 92.3 cm³/mol. The summed E-state index contributed by atoms with van der Waals surface area (Å²) in [5.74, 6) is 0.808. The van der Waals surface area contributed by atoms with Gasteiger partial charge in [0.25, 0.3) is 0 Å². The fourth-order valence-electron chi connectivity index (χ4n) is 2.61. The summed E-state index contributed by atoms with van der Waals surface area (Å²) in [5, 5.41) is 12.4. The van der Waals surface area contributed by atoms with Crippen molar-refractivity contribution in [2.24, 2.45) is 0 Å². The molecule has 116 valence electrons. The van der Waals surface area contributed by atoms with Crippen molar-refractivity contribution < 1.29 is 14.3 Å². The van der Waals surface area contributed by atoms with Crippen molar-refractivity contribution in [3.8, 4) is 17.6 Å². The van der Waals surface area contributed by atoms with Crippen LogP contribution >= 0.6 is 11.3 Å². The molecule has 1 aliphatic rings. The van der Waals surface area contributed by atoms with Gasteiger partial charge >= 0.3 is 0 Å². The highest BCUT2D eigenvalue weighted by molar-refractivity contribution is 7.17. The van der Waals surface area contributed by atoms with Crippen molar-refractivity contribution in [3.05, 3.63) is 64.5 Å². The van der Waals surface area contributed by atoms with Crippen LogP contribution in [-0.2, 0) is 0 Å². The van der Waals surface area contributed by atoms with Crippen LogP contribution in [-0.4, -0.2) is 12.6 Å². The fraction of sp³-hybridized carbons (Fsp3) is 0.0526. The number of thiophene rings is 1. The molecule has 2 aromatic carbocycles. The number of ketones is 1. The molecule has 3 aromatic rings. The Hall–Kier alpha value is -3.10. The van der Waals surface area contributed by atoms with Crippen LogP contribution in [0.1, 0.15) is 15.9 Å². The number of benzene rings is 2. The second-order valence-corrected chi connectivity index (χ2v) is 6.17. The van der Waals surface area contributed by atoms with Crippen LogP contribution in [0.3, 0.4) is 0 Å². The molecule has 4 nitrogen and oxygen atoms in total. The van der Waals surface area contributed by atoms with E-state index < -0.39 is 0 Å². The monoisotopic (exact) mass is 333 g/mol. The topological polar surface area (TPSA) is 59.3 Å². The molecule has 5 heteroatoms. The van der Waals surface area contributed by atoms with E-state index in [1.807, 2.05) is 35.7 Å². The molecular formula is C19H11NO3S. The zero-order chi connectivity index (χ0) is 16.5. The van der Waals surface area contributed by atoms with E-state index in [4.69, 9.17) is 9.47 Å². The Bertz CT molecular complexity index is 1030. The summed E-state index contributed by atoms with van der Waals surface area (Å²) in [6.45, 7) is 0.148. The van der Waals surface area contributed by atoms with E-state index >= 15 is 0 Å². The number of rotatable bonds is 3. The van der Waals surface area contributed by atoms with Gasteiger partial charge in [0.2, 0.25) is 12.6 Å². The van der Waals surface area contributed by atoms with E-state index in [0.717, 1.165) is 15.6 Å². The number of hydrogen-bond donors (Lipinski definition) is 0. The lowest BCUT2D eigenvalue weighted by Crippen LogP contribution is -2.01. The van der Waals surface area contributed by atoms with E-state index in [2.05, 4.69) is 0 Å². The number of nitriles is 1. The average molecular weight is 333 g/mol. The molecule has 24 heavy (non-hydrogen) atoms. The van der Waals surface area contributed by atoms with Crippen LogP contribution in [0.5, 0.6) is 11.5 Å². The van der Waals surface area contributed by atoms with Gasteiger partial charge in [-0.25, -0.2) is 0 Å². The van der Waals surface area contributed by atoms with Crippen molar-refractivity contribution in [2.75, 3.05) is 6.79 Å². The fourth-order valence-corrected chi connectivity index (χ4v) is 3.53. The maximum Gasteiger partial charge on any atom is 0.231 e. The highest BCUT2D eigenvalue weighted by Crippen LogP contribution is 2.33. The quantitative estimate of drug-likeness (QED) is 0.404. The number of ether oxygens (including phenoxy) is 2. The standard InChI is InChI=1S/C19H11NO3S/c20-9-13(7-14-10-24-18-4-2-1-3-15(14)18)19(21)12-5-6-16-17(8-12)23-11-22-16/h1-8,10H,11H2. The number of Topliss-reactive ketones (excluding diaryl/α,β-unsaturated/α-hetero) is 1. The largest absolute Gasteiger partial charge is 0.454 e. The molecule has 0 unspecified atom stereocenters. The number of fused-ring (bicyclic) bond motifs is 2. The third-order valence-corrected chi connectivity index (χ3v) is 4.79. The van der Waals surface area contributed by atoms with Gasteiger partial charge in [-0.15, -0.1) is 11.3 Å². The highest BCUT2D eigenvalue weighted by Gasteiger charge is 2.19. The van der Waals surface area contributed by atoms with Crippen LogP contribution < -0.4 is 9.47 Å². The third kappa shape index (κ3) is 2.43. The van der Waals surface area contributed by atoms with Gasteiger partial charge in [-0.3, -0.25) is 4.79 Å². The van der Waals surface area contributed by atoms with Crippen molar-refractivity contribution in [1.82, 2.24) is 0 Å². The van der Waals surface area contributed by atoms with Gasteiger partial charge in [-0.05, 0) is 46.7 Å². The van der Waals surface area contributed by atoms with Crippen molar-refractivity contribution in [3.63, 3.8) is 0 Å². The zero-order valence-electron chi connectivity index (χ0n) is 12.5. The molecule has 0 bridgehead atoms. The number of carbonyl (C=O) groups excluding carboxylic acids is 1. The normalized spacial score (nSPS) is 13.0. The Morgan fingerprint density at radius 1 is 1.17 bits per heavy atom. The second-order valence-electron chi connectivity index (χ2n) is 5.25. The molecule has 0 radical (unpaired) electrons. The van der Waals surface area contributed by atoms with Gasteiger partial charge in [0, 0.05) is 10.3 Å². The Labute approximate surface area is 142 Å². The van der Waals surface area contributed by atoms with E-state index in [9.17, 15) is 10.1 Å². The molecule has 0 N–H and O–H groups in total. The summed E-state index contributed by atoms with van der Waals surface area (Å²) < 4.78 is 11.7. The minimum Gasteiger partial charge on any atom is -0.454 e. The number of allylic oxidation sites excluding steroid dienone is 1. The minimum atomic E-state index is -0.328.